The van der Waals surface area contributed by atoms with Gasteiger partial charge in [-0.2, -0.15) is 0 Å². The number of nitrogens with two attached hydrogens (primary N) is 1. The van der Waals surface area contributed by atoms with Crippen LogP contribution in [0.3, 0.4) is 0 Å². The topological polar surface area (TPSA) is 89.3 Å². The number of aryl methyl sites for hydroxylation is 1. The third-order valence-electron chi connectivity index (χ3n) is 2.24. The average Bonchev–Trinajstić information content (AvgIpc) is 2.59. The maximum Gasteiger partial charge on any atom is 0.250 e. The highest BCUT2D eigenvalue weighted by atomic mass is 79.9. The smallest absolute Gasteiger partial charge is 0.250 e. The molecule has 18 heavy (non-hydrogen) atoms. The van der Waals surface area contributed by atoms with Gasteiger partial charge < -0.3 is 5.73 Å². The summed E-state index contributed by atoms with van der Waals surface area (Å²) in [5, 5.41) is 0. The van der Waals surface area contributed by atoms with Crippen LogP contribution in [0.2, 0.25) is 0 Å². The first kappa shape index (κ1) is 15.6. The van der Waals surface area contributed by atoms with Crippen LogP contribution in [0.25, 0.3) is 0 Å². The predicted molar refractivity (Wildman–Crippen MR) is 75.0 cm³/mol. The zero-order valence-corrected chi connectivity index (χ0v) is 13.1. The number of hydrogen-bond donors (Lipinski definition) is 2. The second-order valence-corrected chi connectivity index (χ2v) is 8.21. The second kappa shape index (κ2) is 6.65. The van der Waals surface area contributed by atoms with Gasteiger partial charge in [0.1, 0.15) is 4.21 Å². The Morgan fingerprint density at radius 1 is 1.50 bits per heavy atom. The van der Waals surface area contributed by atoms with Crippen molar-refractivity contribution in [1.82, 2.24) is 4.72 Å². The van der Waals surface area contributed by atoms with Crippen molar-refractivity contribution in [3.05, 3.63) is 15.4 Å². The summed E-state index contributed by atoms with van der Waals surface area (Å²) in [5.74, 6) is -0.365. The Morgan fingerprint density at radius 2 is 2.17 bits per heavy atom. The minimum Gasteiger partial charge on any atom is -0.370 e. The first-order chi connectivity index (χ1) is 8.33. The molecule has 0 fully saturated rings. The number of hydrogen-bond acceptors (Lipinski definition) is 4. The third-order valence-corrected chi connectivity index (χ3v) is 6.31. The normalized spacial score (nSPS) is 11.7. The maximum absolute atomic E-state index is 11.9. The van der Waals surface area contributed by atoms with E-state index in [4.69, 9.17) is 5.73 Å². The van der Waals surface area contributed by atoms with Crippen LogP contribution in [0, 0.1) is 6.92 Å². The lowest BCUT2D eigenvalue weighted by Crippen LogP contribution is -2.24. The number of halogens is 1. The number of amides is 1. The lowest BCUT2D eigenvalue weighted by atomic mass is 10.2. The summed E-state index contributed by atoms with van der Waals surface area (Å²) < 4.78 is 27.4. The van der Waals surface area contributed by atoms with Gasteiger partial charge in [0.25, 0.3) is 0 Å². The Labute approximate surface area is 119 Å². The molecule has 0 unspecified atom stereocenters. The van der Waals surface area contributed by atoms with E-state index in [0.29, 0.717) is 23.6 Å². The molecule has 0 atom stereocenters. The van der Waals surface area contributed by atoms with E-state index in [1.807, 2.05) is 6.92 Å². The lowest BCUT2D eigenvalue weighted by Gasteiger charge is -2.03. The van der Waals surface area contributed by atoms with E-state index in [9.17, 15) is 13.2 Å². The molecule has 3 N–H and O–H groups in total. The molecule has 0 aliphatic carbocycles. The van der Waals surface area contributed by atoms with Gasteiger partial charge in [0.2, 0.25) is 15.9 Å². The van der Waals surface area contributed by atoms with E-state index in [0.717, 1.165) is 9.35 Å². The molecule has 1 amide bonds. The SMILES string of the molecule is Cc1cc(S(=O)(=O)NCCCCC(N)=O)sc1Br. The Bertz CT molecular complexity index is 506. The van der Waals surface area contributed by atoms with E-state index in [1.165, 1.54) is 11.3 Å². The molecule has 0 spiro atoms. The third kappa shape index (κ3) is 4.68. The zero-order valence-electron chi connectivity index (χ0n) is 9.90. The van der Waals surface area contributed by atoms with Crippen molar-refractivity contribution in [2.45, 2.75) is 30.4 Å². The van der Waals surface area contributed by atoms with Crippen LogP contribution in [0.5, 0.6) is 0 Å². The molecule has 102 valence electrons. The van der Waals surface area contributed by atoms with Crippen molar-refractivity contribution in [2.24, 2.45) is 5.73 Å². The Morgan fingerprint density at radius 3 is 2.67 bits per heavy atom. The molecule has 1 aromatic rings. The molecule has 0 saturated heterocycles. The molecule has 8 heteroatoms. The highest BCUT2D eigenvalue weighted by Gasteiger charge is 2.17. The van der Waals surface area contributed by atoms with Gasteiger partial charge in [-0.25, -0.2) is 13.1 Å². The largest absolute Gasteiger partial charge is 0.370 e. The monoisotopic (exact) mass is 354 g/mol. The highest BCUT2D eigenvalue weighted by molar-refractivity contribution is 9.11. The Hall–Kier alpha value is -0.440. The number of carbonyl (C=O) groups is 1. The van der Waals surface area contributed by atoms with Crippen molar-refractivity contribution < 1.29 is 13.2 Å². The van der Waals surface area contributed by atoms with Gasteiger partial charge >= 0.3 is 0 Å². The Kier molecular flexibility index (Phi) is 5.77. The van der Waals surface area contributed by atoms with Gasteiger partial charge in [-0.05, 0) is 47.3 Å². The molecule has 5 nitrogen and oxygen atoms in total. The van der Waals surface area contributed by atoms with E-state index in [2.05, 4.69) is 20.7 Å². The van der Waals surface area contributed by atoms with Crippen LogP contribution >= 0.6 is 27.3 Å². The summed E-state index contributed by atoms with van der Waals surface area (Å²) in [6.07, 6.45) is 1.46. The summed E-state index contributed by atoms with van der Waals surface area (Å²) in [4.78, 5) is 10.5. The molecule has 0 aliphatic rings. The molecule has 0 radical (unpaired) electrons. The van der Waals surface area contributed by atoms with Gasteiger partial charge in [-0.3, -0.25) is 4.79 Å². The standard InChI is InChI=1S/C10H15BrN2O3S2/c1-7-6-9(17-10(7)11)18(15,16)13-5-3-2-4-8(12)14/h6,13H,2-5H2,1H3,(H2,12,14). The molecule has 0 bridgehead atoms. The van der Waals surface area contributed by atoms with Gasteiger partial charge in [0.05, 0.1) is 3.79 Å². The number of unbranched alkanes of at least 4 members (excludes halogenated alkanes) is 1. The summed E-state index contributed by atoms with van der Waals surface area (Å²) in [6.45, 7) is 2.15. The molecular weight excluding hydrogens is 340 g/mol. The lowest BCUT2D eigenvalue weighted by molar-refractivity contribution is -0.118. The molecule has 0 saturated carbocycles. The van der Waals surface area contributed by atoms with E-state index in [1.54, 1.807) is 6.07 Å². The molecule has 0 aliphatic heterocycles. The summed E-state index contributed by atoms with van der Waals surface area (Å²) in [7, 11) is -3.44. The van der Waals surface area contributed by atoms with Gasteiger partial charge in [-0.1, -0.05) is 0 Å². The van der Waals surface area contributed by atoms with E-state index in [-0.39, 0.29) is 12.3 Å². The summed E-state index contributed by atoms with van der Waals surface area (Å²) in [6, 6.07) is 1.63. The number of primary amides is 1. The minimum absolute atomic E-state index is 0.283. The fraction of sp³-hybridized carbons (Fsp3) is 0.500. The number of rotatable bonds is 7. The van der Waals surface area contributed by atoms with Gasteiger partial charge in [-0.15, -0.1) is 11.3 Å². The zero-order chi connectivity index (χ0) is 13.8. The first-order valence-corrected chi connectivity index (χ1v) is 8.46. The van der Waals surface area contributed by atoms with Crippen LogP contribution in [0.4, 0.5) is 0 Å². The average molecular weight is 355 g/mol. The van der Waals surface area contributed by atoms with Gasteiger partial charge in [0, 0.05) is 13.0 Å². The van der Waals surface area contributed by atoms with Crippen molar-refractivity contribution >= 4 is 43.2 Å². The number of sulfonamides is 1. The molecule has 1 rings (SSSR count). The predicted octanol–water partition coefficient (Wildman–Crippen LogP) is 1.75. The summed E-state index contributed by atoms with van der Waals surface area (Å²) >= 11 is 4.47. The number of nitrogens with one attached hydrogen (secondary N) is 1. The van der Waals surface area contributed by atoms with Crippen LogP contribution < -0.4 is 10.5 Å². The fourth-order valence-electron chi connectivity index (χ4n) is 1.27. The highest BCUT2D eigenvalue weighted by Crippen LogP contribution is 2.30. The maximum atomic E-state index is 11.9. The van der Waals surface area contributed by atoms with Crippen molar-refractivity contribution in [3.63, 3.8) is 0 Å². The first-order valence-electron chi connectivity index (χ1n) is 5.37. The number of thiophene rings is 1. The van der Waals surface area contributed by atoms with Crippen LogP contribution in [-0.2, 0) is 14.8 Å². The second-order valence-electron chi connectivity index (χ2n) is 3.84. The molecule has 0 aromatic carbocycles. The van der Waals surface area contributed by atoms with Crippen LogP contribution in [0.15, 0.2) is 14.1 Å². The number of carbonyl (C=O) groups excluding carboxylic acids is 1. The Balaban J connectivity index is 2.48. The van der Waals surface area contributed by atoms with Crippen LogP contribution in [-0.4, -0.2) is 20.9 Å². The molecular formula is C10H15BrN2O3S2. The van der Waals surface area contributed by atoms with Crippen molar-refractivity contribution in [3.8, 4) is 0 Å². The summed E-state index contributed by atoms with van der Waals surface area (Å²) in [5.41, 5.74) is 5.89. The quantitative estimate of drug-likeness (QED) is 0.731. The van der Waals surface area contributed by atoms with Crippen molar-refractivity contribution in [2.75, 3.05) is 6.54 Å². The minimum atomic E-state index is -3.44. The fourth-order valence-corrected chi connectivity index (χ4v) is 4.61. The van der Waals surface area contributed by atoms with E-state index >= 15 is 0 Å². The molecule has 1 aromatic heterocycles. The van der Waals surface area contributed by atoms with Crippen molar-refractivity contribution in [1.29, 1.82) is 0 Å². The van der Waals surface area contributed by atoms with E-state index < -0.39 is 10.0 Å². The van der Waals surface area contributed by atoms with Gasteiger partial charge in [0.15, 0.2) is 0 Å². The molecule has 1 heterocycles. The van der Waals surface area contributed by atoms with Crippen LogP contribution in [0.1, 0.15) is 24.8 Å².